The number of anilines is 1. The highest BCUT2D eigenvalue weighted by Gasteiger charge is 2.24. The smallest absolute Gasteiger partial charge is 0.190 e. The Morgan fingerprint density at radius 3 is 1.60 bits per heavy atom. The van der Waals surface area contributed by atoms with E-state index in [2.05, 4.69) is 0 Å². The highest BCUT2D eigenvalue weighted by molar-refractivity contribution is 6.14. The Balaban J connectivity index is 1.72. The molecule has 0 saturated carbocycles. The number of nitrogens with zero attached hydrogens (tertiary/aromatic N) is 1. The standard InChI is InChI=1S/C26H21NO3/c1-30-24-14-12-23(13-15-24)27-17-21(25(28)19-8-4-2-5-9-19)16-22(18-27)26(29)20-10-6-3-7-11-20/h2-15,17-18H,16H2,1H3. The lowest BCUT2D eigenvalue weighted by molar-refractivity contribution is 0.102. The van der Waals surface area contributed by atoms with Crippen molar-refractivity contribution in [3.05, 3.63) is 120 Å². The van der Waals surface area contributed by atoms with Crippen LogP contribution in [0.4, 0.5) is 5.69 Å². The van der Waals surface area contributed by atoms with Crippen LogP contribution >= 0.6 is 0 Å². The highest BCUT2D eigenvalue weighted by atomic mass is 16.5. The number of ether oxygens (including phenoxy) is 1. The van der Waals surface area contributed by atoms with E-state index in [1.165, 1.54) is 0 Å². The van der Waals surface area contributed by atoms with E-state index in [1.807, 2.05) is 65.6 Å². The van der Waals surface area contributed by atoms with E-state index >= 15 is 0 Å². The van der Waals surface area contributed by atoms with Crippen molar-refractivity contribution in [1.82, 2.24) is 0 Å². The van der Waals surface area contributed by atoms with Gasteiger partial charge in [-0.05, 0) is 24.3 Å². The number of carbonyl (C=O) groups is 2. The molecule has 0 radical (unpaired) electrons. The Labute approximate surface area is 175 Å². The molecule has 1 aliphatic heterocycles. The molecule has 1 aliphatic rings. The summed E-state index contributed by atoms with van der Waals surface area (Å²) in [6, 6.07) is 25.7. The molecule has 0 unspecified atom stereocenters. The third kappa shape index (κ3) is 4.08. The molecule has 3 aromatic carbocycles. The first-order chi connectivity index (χ1) is 14.7. The van der Waals surface area contributed by atoms with Gasteiger partial charge in [-0.1, -0.05) is 60.7 Å². The lowest BCUT2D eigenvalue weighted by Crippen LogP contribution is -2.21. The molecule has 4 rings (SSSR count). The summed E-state index contributed by atoms with van der Waals surface area (Å²) < 4.78 is 5.23. The lowest BCUT2D eigenvalue weighted by Gasteiger charge is -2.25. The molecule has 0 fully saturated rings. The Morgan fingerprint density at radius 2 is 1.17 bits per heavy atom. The van der Waals surface area contributed by atoms with Gasteiger partial charge in [-0.3, -0.25) is 9.59 Å². The molecule has 4 nitrogen and oxygen atoms in total. The van der Waals surface area contributed by atoms with Crippen LogP contribution in [0.5, 0.6) is 5.75 Å². The SMILES string of the molecule is COc1ccc(N2C=C(C(=O)c3ccccc3)CC(C(=O)c3ccccc3)=C2)cc1. The fraction of sp³-hybridized carbons (Fsp3) is 0.0769. The first kappa shape index (κ1) is 19.4. The zero-order valence-electron chi connectivity index (χ0n) is 16.6. The average molecular weight is 395 g/mol. The Morgan fingerprint density at radius 1 is 0.700 bits per heavy atom. The van der Waals surface area contributed by atoms with Gasteiger partial charge in [0.05, 0.1) is 7.11 Å². The van der Waals surface area contributed by atoms with Gasteiger partial charge in [0, 0.05) is 46.8 Å². The molecule has 0 bridgehead atoms. The van der Waals surface area contributed by atoms with E-state index in [0.29, 0.717) is 22.3 Å². The summed E-state index contributed by atoms with van der Waals surface area (Å²) in [5.41, 5.74) is 3.18. The molecule has 148 valence electrons. The maximum Gasteiger partial charge on any atom is 0.190 e. The van der Waals surface area contributed by atoms with Crippen LogP contribution in [0.25, 0.3) is 0 Å². The molecule has 0 amide bonds. The lowest BCUT2D eigenvalue weighted by atomic mass is 9.92. The minimum Gasteiger partial charge on any atom is -0.497 e. The predicted octanol–water partition coefficient (Wildman–Crippen LogP) is 5.44. The first-order valence-corrected chi connectivity index (χ1v) is 9.69. The summed E-state index contributed by atoms with van der Waals surface area (Å²) in [5.74, 6) is 0.575. The van der Waals surface area contributed by atoms with Gasteiger partial charge >= 0.3 is 0 Å². The van der Waals surface area contributed by atoms with Crippen molar-refractivity contribution in [2.45, 2.75) is 6.42 Å². The number of methoxy groups -OCH3 is 1. The minimum atomic E-state index is -0.0828. The molecule has 0 spiro atoms. The minimum absolute atomic E-state index is 0.0828. The quantitative estimate of drug-likeness (QED) is 0.522. The van der Waals surface area contributed by atoms with Gasteiger partial charge in [0.1, 0.15) is 5.75 Å². The van der Waals surface area contributed by atoms with E-state index in [1.54, 1.807) is 43.8 Å². The second-order valence-corrected chi connectivity index (χ2v) is 6.98. The predicted molar refractivity (Wildman–Crippen MR) is 118 cm³/mol. The summed E-state index contributed by atoms with van der Waals surface area (Å²) in [7, 11) is 1.61. The molecule has 0 saturated heterocycles. The Kier molecular flexibility index (Phi) is 5.57. The molecule has 30 heavy (non-hydrogen) atoms. The summed E-state index contributed by atoms with van der Waals surface area (Å²) in [5, 5.41) is 0. The zero-order valence-corrected chi connectivity index (χ0v) is 16.6. The van der Waals surface area contributed by atoms with E-state index in [4.69, 9.17) is 4.74 Å². The number of hydrogen-bond acceptors (Lipinski definition) is 4. The number of ketones is 2. The first-order valence-electron chi connectivity index (χ1n) is 9.69. The number of Topliss-reactive ketones (excluding diaryl/α,β-unsaturated/α-hetero) is 2. The highest BCUT2D eigenvalue weighted by Crippen LogP contribution is 2.29. The van der Waals surface area contributed by atoms with E-state index < -0.39 is 0 Å². The van der Waals surface area contributed by atoms with Crippen LogP contribution in [0.3, 0.4) is 0 Å². The van der Waals surface area contributed by atoms with Gasteiger partial charge in [-0.25, -0.2) is 0 Å². The number of hydrogen-bond donors (Lipinski definition) is 0. The Hall–Kier alpha value is -3.92. The van der Waals surface area contributed by atoms with Gasteiger partial charge < -0.3 is 9.64 Å². The summed E-state index contributed by atoms with van der Waals surface area (Å²) >= 11 is 0. The molecule has 0 atom stereocenters. The Bertz CT molecular complexity index is 1050. The van der Waals surface area contributed by atoms with E-state index in [9.17, 15) is 9.59 Å². The molecule has 0 aliphatic carbocycles. The molecule has 4 heteroatoms. The van der Waals surface area contributed by atoms with Gasteiger partial charge in [0.2, 0.25) is 0 Å². The van der Waals surface area contributed by atoms with Gasteiger partial charge in [0.25, 0.3) is 0 Å². The van der Waals surface area contributed by atoms with Crippen molar-refractivity contribution in [1.29, 1.82) is 0 Å². The number of carbonyl (C=O) groups excluding carboxylic acids is 2. The van der Waals surface area contributed by atoms with Crippen LogP contribution in [0.1, 0.15) is 27.1 Å². The van der Waals surface area contributed by atoms with Crippen molar-refractivity contribution in [3.8, 4) is 5.75 Å². The largest absolute Gasteiger partial charge is 0.497 e. The van der Waals surface area contributed by atoms with Crippen LogP contribution in [0.2, 0.25) is 0 Å². The van der Waals surface area contributed by atoms with Gasteiger partial charge in [0.15, 0.2) is 11.6 Å². The van der Waals surface area contributed by atoms with Crippen molar-refractivity contribution in [3.63, 3.8) is 0 Å². The van der Waals surface area contributed by atoms with Crippen molar-refractivity contribution in [2.24, 2.45) is 0 Å². The van der Waals surface area contributed by atoms with Crippen LogP contribution in [0, 0.1) is 0 Å². The monoisotopic (exact) mass is 395 g/mol. The van der Waals surface area contributed by atoms with Gasteiger partial charge in [-0.15, -0.1) is 0 Å². The number of allylic oxidation sites excluding steroid dienone is 2. The van der Waals surface area contributed by atoms with Crippen LogP contribution in [0.15, 0.2) is 108 Å². The van der Waals surface area contributed by atoms with Crippen molar-refractivity contribution in [2.75, 3.05) is 12.0 Å². The molecule has 0 N–H and O–H groups in total. The normalized spacial score (nSPS) is 13.3. The van der Waals surface area contributed by atoms with Crippen molar-refractivity contribution >= 4 is 17.3 Å². The number of benzene rings is 3. The summed E-state index contributed by atoms with van der Waals surface area (Å²) in [6.07, 6.45) is 3.89. The molecular weight excluding hydrogens is 374 g/mol. The second-order valence-electron chi connectivity index (χ2n) is 6.98. The molecule has 1 heterocycles. The fourth-order valence-corrected chi connectivity index (χ4v) is 3.40. The van der Waals surface area contributed by atoms with Crippen LogP contribution in [-0.2, 0) is 0 Å². The topological polar surface area (TPSA) is 46.6 Å². The third-order valence-corrected chi connectivity index (χ3v) is 5.00. The summed E-state index contributed by atoms with van der Waals surface area (Å²) in [4.78, 5) is 28.1. The van der Waals surface area contributed by atoms with Crippen LogP contribution in [-0.4, -0.2) is 18.7 Å². The van der Waals surface area contributed by atoms with Crippen LogP contribution < -0.4 is 9.64 Å². The fourth-order valence-electron chi connectivity index (χ4n) is 3.40. The second kappa shape index (κ2) is 8.62. The van der Waals surface area contributed by atoms with E-state index in [0.717, 1.165) is 11.4 Å². The van der Waals surface area contributed by atoms with E-state index in [-0.39, 0.29) is 18.0 Å². The molecule has 0 aromatic heterocycles. The van der Waals surface area contributed by atoms with Gasteiger partial charge in [-0.2, -0.15) is 0 Å². The zero-order chi connectivity index (χ0) is 20.9. The molecule has 3 aromatic rings. The number of rotatable bonds is 6. The maximum atomic E-state index is 13.1. The average Bonchev–Trinajstić information content (AvgIpc) is 2.84. The third-order valence-electron chi connectivity index (χ3n) is 5.00. The molecular formula is C26H21NO3. The summed E-state index contributed by atoms with van der Waals surface area (Å²) in [6.45, 7) is 0. The van der Waals surface area contributed by atoms with Crippen molar-refractivity contribution < 1.29 is 14.3 Å². The maximum absolute atomic E-state index is 13.1.